The second-order valence-electron chi connectivity index (χ2n) is 3.62. The van der Waals surface area contributed by atoms with Gasteiger partial charge in [-0.05, 0) is 31.5 Å². The zero-order chi connectivity index (χ0) is 11.1. The molecule has 3 nitrogen and oxygen atoms in total. The maximum Gasteiger partial charge on any atom is 0.119 e. The fraction of sp³-hybridized carbons (Fsp3) is 0.500. The highest BCUT2D eigenvalue weighted by Gasteiger charge is 1.96. The molecule has 2 N–H and O–H groups in total. The lowest BCUT2D eigenvalue weighted by Gasteiger charge is -2.09. The molecule has 0 aliphatic rings. The van der Waals surface area contributed by atoms with Crippen molar-refractivity contribution in [2.75, 3.05) is 13.2 Å². The molecular formula is C12H19NO2. The standard InChI is InChI=1S/C12H19NO2/c1-10(2)14-7-8-15-12-5-3-11(9-13)4-6-12/h3-6,10H,7-9,13H2,1-2H3. The fourth-order valence-electron chi connectivity index (χ4n) is 1.17. The Labute approximate surface area is 91.2 Å². The molecule has 0 amide bonds. The molecule has 0 aliphatic carbocycles. The smallest absolute Gasteiger partial charge is 0.119 e. The summed E-state index contributed by atoms with van der Waals surface area (Å²) in [4.78, 5) is 0. The maximum atomic E-state index is 5.49. The van der Waals surface area contributed by atoms with Crippen molar-refractivity contribution >= 4 is 0 Å². The van der Waals surface area contributed by atoms with E-state index in [1.807, 2.05) is 38.1 Å². The molecule has 0 saturated carbocycles. The van der Waals surface area contributed by atoms with Crippen LogP contribution >= 0.6 is 0 Å². The lowest BCUT2D eigenvalue weighted by Crippen LogP contribution is -2.11. The van der Waals surface area contributed by atoms with Gasteiger partial charge in [0.25, 0.3) is 0 Å². The first-order valence-electron chi connectivity index (χ1n) is 5.26. The third-order valence-electron chi connectivity index (χ3n) is 1.96. The summed E-state index contributed by atoms with van der Waals surface area (Å²) in [5.74, 6) is 0.861. The van der Waals surface area contributed by atoms with Gasteiger partial charge in [-0.2, -0.15) is 0 Å². The molecule has 0 saturated heterocycles. The van der Waals surface area contributed by atoms with Crippen LogP contribution in [0.1, 0.15) is 19.4 Å². The zero-order valence-corrected chi connectivity index (χ0v) is 9.40. The molecule has 15 heavy (non-hydrogen) atoms. The van der Waals surface area contributed by atoms with Gasteiger partial charge in [0.05, 0.1) is 12.7 Å². The zero-order valence-electron chi connectivity index (χ0n) is 9.40. The van der Waals surface area contributed by atoms with Crippen molar-refractivity contribution in [1.82, 2.24) is 0 Å². The van der Waals surface area contributed by atoms with Gasteiger partial charge in [0.1, 0.15) is 12.4 Å². The molecule has 1 rings (SSSR count). The molecule has 0 radical (unpaired) electrons. The van der Waals surface area contributed by atoms with Crippen molar-refractivity contribution in [3.63, 3.8) is 0 Å². The third-order valence-corrected chi connectivity index (χ3v) is 1.96. The van der Waals surface area contributed by atoms with E-state index in [2.05, 4.69) is 0 Å². The molecule has 0 heterocycles. The lowest BCUT2D eigenvalue weighted by molar-refractivity contribution is 0.0552. The van der Waals surface area contributed by atoms with Crippen LogP contribution in [0, 0.1) is 0 Å². The monoisotopic (exact) mass is 209 g/mol. The van der Waals surface area contributed by atoms with Crippen molar-refractivity contribution in [3.8, 4) is 5.75 Å². The number of rotatable bonds is 6. The van der Waals surface area contributed by atoms with E-state index in [1.165, 1.54) is 0 Å². The first-order chi connectivity index (χ1) is 7.22. The van der Waals surface area contributed by atoms with Gasteiger partial charge in [0, 0.05) is 6.54 Å². The van der Waals surface area contributed by atoms with E-state index in [1.54, 1.807) is 0 Å². The summed E-state index contributed by atoms with van der Waals surface area (Å²) in [7, 11) is 0. The fourth-order valence-corrected chi connectivity index (χ4v) is 1.17. The van der Waals surface area contributed by atoms with Crippen LogP contribution in [0.15, 0.2) is 24.3 Å². The van der Waals surface area contributed by atoms with Crippen LogP contribution in [0.4, 0.5) is 0 Å². The van der Waals surface area contributed by atoms with Gasteiger partial charge in [-0.15, -0.1) is 0 Å². The molecule has 0 atom stereocenters. The van der Waals surface area contributed by atoms with Gasteiger partial charge in [-0.25, -0.2) is 0 Å². The molecule has 1 aromatic rings. The van der Waals surface area contributed by atoms with E-state index in [4.69, 9.17) is 15.2 Å². The highest BCUT2D eigenvalue weighted by atomic mass is 16.5. The largest absolute Gasteiger partial charge is 0.491 e. The molecule has 0 fully saturated rings. The summed E-state index contributed by atoms with van der Waals surface area (Å²) in [5.41, 5.74) is 6.61. The third kappa shape index (κ3) is 4.81. The Balaban J connectivity index is 2.25. The van der Waals surface area contributed by atoms with Crippen LogP contribution in [0.2, 0.25) is 0 Å². The Morgan fingerprint density at radius 2 is 1.80 bits per heavy atom. The lowest BCUT2D eigenvalue weighted by atomic mass is 10.2. The summed E-state index contributed by atoms with van der Waals surface area (Å²) < 4.78 is 10.9. The highest BCUT2D eigenvalue weighted by molar-refractivity contribution is 5.26. The maximum absolute atomic E-state index is 5.49. The summed E-state index contributed by atoms with van der Waals surface area (Å²) >= 11 is 0. The molecule has 3 heteroatoms. The number of hydrogen-bond donors (Lipinski definition) is 1. The van der Waals surface area contributed by atoms with Crippen LogP contribution in [0.5, 0.6) is 5.75 Å². The quantitative estimate of drug-likeness (QED) is 0.728. The Bertz CT molecular complexity index is 269. The van der Waals surface area contributed by atoms with E-state index in [-0.39, 0.29) is 6.10 Å². The Hall–Kier alpha value is -1.06. The number of ether oxygens (including phenoxy) is 2. The Kier molecular flexibility index (Phi) is 5.15. The first-order valence-corrected chi connectivity index (χ1v) is 5.26. The minimum absolute atomic E-state index is 0.258. The van der Waals surface area contributed by atoms with E-state index in [0.29, 0.717) is 19.8 Å². The highest BCUT2D eigenvalue weighted by Crippen LogP contribution is 2.11. The van der Waals surface area contributed by atoms with Crippen LogP contribution in [0.25, 0.3) is 0 Å². The van der Waals surface area contributed by atoms with Crippen molar-refractivity contribution in [2.24, 2.45) is 5.73 Å². The molecule has 84 valence electrons. The van der Waals surface area contributed by atoms with Gasteiger partial charge in [-0.3, -0.25) is 0 Å². The van der Waals surface area contributed by atoms with Gasteiger partial charge >= 0.3 is 0 Å². The Morgan fingerprint density at radius 3 is 2.33 bits per heavy atom. The predicted octanol–water partition coefficient (Wildman–Crippen LogP) is 1.95. The normalized spacial score (nSPS) is 10.7. The van der Waals surface area contributed by atoms with Gasteiger partial charge in [0.2, 0.25) is 0 Å². The molecule has 0 aliphatic heterocycles. The Morgan fingerprint density at radius 1 is 1.13 bits per heavy atom. The number of hydrogen-bond acceptors (Lipinski definition) is 3. The topological polar surface area (TPSA) is 44.5 Å². The first kappa shape index (κ1) is 12.0. The van der Waals surface area contributed by atoms with Gasteiger partial charge in [0.15, 0.2) is 0 Å². The molecule has 0 aromatic heterocycles. The summed E-state index contributed by atoms with van der Waals surface area (Å²) in [6, 6.07) is 7.80. The van der Waals surface area contributed by atoms with E-state index < -0.39 is 0 Å². The minimum atomic E-state index is 0.258. The van der Waals surface area contributed by atoms with Gasteiger partial charge in [-0.1, -0.05) is 12.1 Å². The predicted molar refractivity (Wildman–Crippen MR) is 60.9 cm³/mol. The van der Waals surface area contributed by atoms with Crippen molar-refractivity contribution in [2.45, 2.75) is 26.5 Å². The van der Waals surface area contributed by atoms with Crippen molar-refractivity contribution in [1.29, 1.82) is 0 Å². The van der Waals surface area contributed by atoms with E-state index in [9.17, 15) is 0 Å². The minimum Gasteiger partial charge on any atom is -0.491 e. The van der Waals surface area contributed by atoms with Crippen molar-refractivity contribution < 1.29 is 9.47 Å². The summed E-state index contributed by atoms with van der Waals surface area (Å²) in [5, 5.41) is 0. The SMILES string of the molecule is CC(C)OCCOc1ccc(CN)cc1. The van der Waals surface area contributed by atoms with Gasteiger partial charge < -0.3 is 15.2 Å². The van der Waals surface area contributed by atoms with Crippen LogP contribution < -0.4 is 10.5 Å². The summed E-state index contributed by atoms with van der Waals surface area (Å²) in [6.45, 7) is 5.79. The molecule has 0 bridgehead atoms. The average Bonchev–Trinajstić information content (AvgIpc) is 2.25. The molecular weight excluding hydrogens is 190 g/mol. The second kappa shape index (κ2) is 6.43. The number of benzene rings is 1. The van der Waals surface area contributed by atoms with E-state index >= 15 is 0 Å². The second-order valence-corrected chi connectivity index (χ2v) is 3.62. The van der Waals surface area contributed by atoms with Crippen LogP contribution in [-0.2, 0) is 11.3 Å². The van der Waals surface area contributed by atoms with Crippen LogP contribution in [-0.4, -0.2) is 19.3 Å². The molecule has 0 spiro atoms. The molecule has 1 aromatic carbocycles. The summed E-state index contributed by atoms with van der Waals surface area (Å²) in [6.07, 6.45) is 0.258. The average molecular weight is 209 g/mol. The van der Waals surface area contributed by atoms with Crippen LogP contribution in [0.3, 0.4) is 0 Å². The van der Waals surface area contributed by atoms with E-state index in [0.717, 1.165) is 11.3 Å². The number of nitrogens with two attached hydrogens (primary N) is 1. The molecule has 0 unspecified atom stereocenters. The van der Waals surface area contributed by atoms with Crippen molar-refractivity contribution in [3.05, 3.63) is 29.8 Å².